The van der Waals surface area contributed by atoms with E-state index in [9.17, 15) is 0 Å². The van der Waals surface area contributed by atoms with Gasteiger partial charge in [-0.1, -0.05) is 6.92 Å². The van der Waals surface area contributed by atoms with Crippen LogP contribution >= 0.6 is 15.9 Å². The van der Waals surface area contributed by atoms with Crippen LogP contribution in [-0.4, -0.2) is 36.7 Å². The molecule has 1 aromatic rings. The molecule has 5 nitrogen and oxygen atoms in total. The molecule has 1 fully saturated rings. The Bertz CT molecular complexity index is 407. The van der Waals surface area contributed by atoms with Gasteiger partial charge in [0, 0.05) is 13.1 Å². The van der Waals surface area contributed by atoms with E-state index in [2.05, 4.69) is 43.5 Å². The number of hydrogen-bond donors (Lipinski definition) is 2. The van der Waals surface area contributed by atoms with Gasteiger partial charge in [-0.05, 0) is 40.7 Å². The van der Waals surface area contributed by atoms with Gasteiger partial charge in [0.15, 0.2) is 0 Å². The Morgan fingerprint density at radius 3 is 3.11 bits per heavy atom. The predicted octanol–water partition coefficient (Wildman–Crippen LogP) is 2.05. The van der Waals surface area contributed by atoms with Crippen LogP contribution in [0.5, 0.6) is 5.88 Å². The third-order valence-corrected chi connectivity index (χ3v) is 3.81. The standard InChI is InChI=1S/C12H19BrN4O/c1-12(4-3-5-14-7-12)8-16-11-15-6-9(13)10(17-11)18-2/h6,14H,3-5,7-8H2,1-2H3,(H,15,16,17). The number of aromatic nitrogens is 2. The van der Waals surface area contributed by atoms with Crippen LogP contribution in [0.3, 0.4) is 0 Å². The van der Waals surface area contributed by atoms with Gasteiger partial charge in [0.1, 0.15) is 0 Å². The zero-order valence-electron chi connectivity index (χ0n) is 10.8. The Hall–Kier alpha value is -0.880. The lowest BCUT2D eigenvalue weighted by molar-refractivity contribution is 0.253. The van der Waals surface area contributed by atoms with Gasteiger partial charge in [0.25, 0.3) is 0 Å². The molecule has 1 aliphatic heterocycles. The monoisotopic (exact) mass is 314 g/mol. The summed E-state index contributed by atoms with van der Waals surface area (Å²) in [6.45, 7) is 5.30. The van der Waals surface area contributed by atoms with Crippen LogP contribution in [-0.2, 0) is 0 Å². The Morgan fingerprint density at radius 1 is 1.61 bits per heavy atom. The van der Waals surface area contributed by atoms with Crippen LogP contribution in [0, 0.1) is 5.41 Å². The number of ether oxygens (including phenoxy) is 1. The number of halogens is 1. The highest BCUT2D eigenvalue weighted by molar-refractivity contribution is 9.10. The molecule has 1 aromatic heterocycles. The first-order valence-corrected chi connectivity index (χ1v) is 6.93. The van der Waals surface area contributed by atoms with E-state index in [0.29, 0.717) is 11.8 Å². The van der Waals surface area contributed by atoms with Gasteiger partial charge >= 0.3 is 0 Å². The van der Waals surface area contributed by atoms with E-state index in [4.69, 9.17) is 4.74 Å². The Morgan fingerprint density at radius 2 is 2.44 bits per heavy atom. The molecule has 1 aliphatic rings. The lowest BCUT2D eigenvalue weighted by atomic mass is 9.83. The number of rotatable bonds is 4. The zero-order chi connectivity index (χ0) is 13.0. The van der Waals surface area contributed by atoms with E-state index in [0.717, 1.165) is 24.1 Å². The van der Waals surface area contributed by atoms with Crippen molar-refractivity contribution >= 4 is 21.9 Å². The van der Waals surface area contributed by atoms with Crippen molar-refractivity contribution in [3.8, 4) is 5.88 Å². The molecule has 2 heterocycles. The predicted molar refractivity (Wildman–Crippen MR) is 75.0 cm³/mol. The molecule has 0 radical (unpaired) electrons. The Labute approximate surface area is 116 Å². The summed E-state index contributed by atoms with van der Waals surface area (Å²) < 4.78 is 5.92. The van der Waals surface area contributed by atoms with E-state index in [1.54, 1.807) is 13.3 Å². The normalized spacial score (nSPS) is 23.7. The third kappa shape index (κ3) is 3.32. The first kappa shape index (κ1) is 13.5. The number of piperidine rings is 1. The molecule has 0 aliphatic carbocycles. The SMILES string of the molecule is COc1nc(NCC2(C)CCCNC2)ncc1Br. The summed E-state index contributed by atoms with van der Waals surface area (Å²) in [7, 11) is 1.60. The molecule has 6 heteroatoms. The highest BCUT2D eigenvalue weighted by Gasteiger charge is 2.26. The summed E-state index contributed by atoms with van der Waals surface area (Å²) in [4.78, 5) is 8.53. The van der Waals surface area contributed by atoms with E-state index in [1.807, 2.05) is 0 Å². The molecule has 0 aromatic carbocycles. The van der Waals surface area contributed by atoms with Crippen molar-refractivity contribution in [3.63, 3.8) is 0 Å². The summed E-state index contributed by atoms with van der Waals surface area (Å²) in [6.07, 6.45) is 4.15. The first-order valence-electron chi connectivity index (χ1n) is 6.14. The van der Waals surface area contributed by atoms with Crippen LogP contribution in [0.15, 0.2) is 10.7 Å². The highest BCUT2D eigenvalue weighted by atomic mass is 79.9. The maximum absolute atomic E-state index is 5.15. The quantitative estimate of drug-likeness (QED) is 0.890. The molecule has 2 rings (SSSR count). The van der Waals surface area contributed by atoms with Crippen molar-refractivity contribution in [2.24, 2.45) is 5.41 Å². The van der Waals surface area contributed by atoms with Crippen LogP contribution in [0.2, 0.25) is 0 Å². The second-order valence-electron chi connectivity index (χ2n) is 5.00. The van der Waals surface area contributed by atoms with Crippen LogP contribution in [0.4, 0.5) is 5.95 Å². The first-order chi connectivity index (χ1) is 8.63. The molecule has 0 amide bonds. The van der Waals surface area contributed by atoms with E-state index in [-0.39, 0.29) is 5.41 Å². The summed E-state index contributed by atoms with van der Waals surface area (Å²) in [5.74, 6) is 1.17. The Balaban J connectivity index is 1.97. The molecule has 1 atom stereocenters. The second kappa shape index (κ2) is 5.84. The molecule has 100 valence electrons. The molecular formula is C12H19BrN4O. The largest absolute Gasteiger partial charge is 0.480 e. The summed E-state index contributed by atoms with van der Waals surface area (Å²) in [6, 6.07) is 0. The van der Waals surface area contributed by atoms with Crippen molar-refractivity contribution in [2.75, 3.05) is 32.1 Å². The van der Waals surface area contributed by atoms with Gasteiger partial charge in [0.2, 0.25) is 11.8 Å². The third-order valence-electron chi connectivity index (χ3n) is 3.26. The van der Waals surface area contributed by atoms with Crippen LogP contribution in [0.1, 0.15) is 19.8 Å². The smallest absolute Gasteiger partial charge is 0.232 e. The molecule has 2 N–H and O–H groups in total. The minimum absolute atomic E-state index is 0.266. The molecule has 1 unspecified atom stereocenters. The summed E-state index contributed by atoms with van der Waals surface area (Å²) >= 11 is 3.34. The maximum atomic E-state index is 5.15. The summed E-state index contributed by atoms with van der Waals surface area (Å²) in [5.41, 5.74) is 0.266. The fourth-order valence-corrected chi connectivity index (χ4v) is 2.49. The lowest BCUT2D eigenvalue weighted by Gasteiger charge is -2.34. The average Bonchev–Trinajstić information content (AvgIpc) is 2.39. The van der Waals surface area contributed by atoms with Gasteiger partial charge in [-0.25, -0.2) is 4.98 Å². The van der Waals surface area contributed by atoms with Crippen molar-refractivity contribution < 1.29 is 4.74 Å². The molecule has 0 bridgehead atoms. The van der Waals surface area contributed by atoms with Gasteiger partial charge < -0.3 is 15.4 Å². The van der Waals surface area contributed by atoms with E-state index in [1.165, 1.54) is 12.8 Å². The minimum Gasteiger partial charge on any atom is -0.480 e. The van der Waals surface area contributed by atoms with Crippen LogP contribution < -0.4 is 15.4 Å². The number of nitrogens with one attached hydrogen (secondary N) is 2. The van der Waals surface area contributed by atoms with Crippen LogP contribution in [0.25, 0.3) is 0 Å². The Kier molecular flexibility index (Phi) is 4.40. The van der Waals surface area contributed by atoms with Gasteiger partial charge in [-0.15, -0.1) is 0 Å². The number of nitrogens with zero attached hydrogens (tertiary/aromatic N) is 2. The lowest BCUT2D eigenvalue weighted by Crippen LogP contribution is -2.42. The fourth-order valence-electron chi connectivity index (χ4n) is 2.14. The van der Waals surface area contributed by atoms with Gasteiger partial charge in [-0.3, -0.25) is 0 Å². The maximum Gasteiger partial charge on any atom is 0.232 e. The van der Waals surface area contributed by atoms with Crippen molar-refractivity contribution in [1.29, 1.82) is 0 Å². The average molecular weight is 315 g/mol. The summed E-state index contributed by atoms with van der Waals surface area (Å²) in [5, 5.41) is 6.72. The van der Waals surface area contributed by atoms with Crippen molar-refractivity contribution in [2.45, 2.75) is 19.8 Å². The number of hydrogen-bond acceptors (Lipinski definition) is 5. The van der Waals surface area contributed by atoms with Crippen molar-refractivity contribution in [3.05, 3.63) is 10.7 Å². The van der Waals surface area contributed by atoms with E-state index < -0.39 is 0 Å². The fraction of sp³-hybridized carbons (Fsp3) is 0.667. The molecular weight excluding hydrogens is 296 g/mol. The minimum atomic E-state index is 0.266. The zero-order valence-corrected chi connectivity index (χ0v) is 12.4. The van der Waals surface area contributed by atoms with Gasteiger partial charge in [0.05, 0.1) is 17.8 Å². The highest BCUT2D eigenvalue weighted by Crippen LogP contribution is 2.26. The number of methoxy groups -OCH3 is 1. The molecule has 0 saturated carbocycles. The van der Waals surface area contributed by atoms with E-state index >= 15 is 0 Å². The number of anilines is 1. The molecule has 0 spiro atoms. The topological polar surface area (TPSA) is 59.1 Å². The van der Waals surface area contributed by atoms with Crippen molar-refractivity contribution in [1.82, 2.24) is 15.3 Å². The molecule has 1 saturated heterocycles. The van der Waals surface area contributed by atoms with Gasteiger partial charge in [-0.2, -0.15) is 4.98 Å². The second-order valence-corrected chi connectivity index (χ2v) is 5.85. The molecule has 18 heavy (non-hydrogen) atoms.